The Morgan fingerprint density at radius 3 is 2.59 bits per heavy atom. The van der Waals surface area contributed by atoms with Gasteiger partial charge in [0.2, 0.25) is 0 Å². The van der Waals surface area contributed by atoms with Gasteiger partial charge in [0, 0.05) is 25.3 Å². The average Bonchev–Trinajstić information content (AvgIpc) is 3.00. The molecule has 1 atom stereocenters. The number of ether oxygens (including phenoxy) is 3. The van der Waals surface area contributed by atoms with Gasteiger partial charge in [-0.15, -0.1) is 0 Å². The van der Waals surface area contributed by atoms with Crippen molar-refractivity contribution in [3.8, 4) is 11.5 Å². The van der Waals surface area contributed by atoms with Crippen LogP contribution in [-0.2, 0) is 17.8 Å². The molecule has 7 heteroatoms. The maximum Gasteiger partial charge on any atom is 0.134 e. The highest BCUT2D eigenvalue weighted by Gasteiger charge is 2.33. The van der Waals surface area contributed by atoms with E-state index in [4.69, 9.17) is 14.2 Å². The molecule has 2 aromatic carbocycles. The van der Waals surface area contributed by atoms with Crippen molar-refractivity contribution in [2.75, 3.05) is 39.5 Å². The third kappa shape index (κ3) is 6.82. The lowest BCUT2D eigenvalue weighted by Crippen LogP contribution is -2.48. The normalized spacial score (nSPS) is 19.1. The van der Waals surface area contributed by atoms with Crippen molar-refractivity contribution in [2.45, 2.75) is 39.5 Å². The summed E-state index contributed by atoms with van der Waals surface area (Å²) in [5, 5.41) is 15.7. The summed E-state index contributed by atoms with van der Waals surface area (Å²) in [4.78, 5) is 2.21. The van der Waals surface area contributed by atoms with Crippen LogP contribution >= 0.6 is 0 Å². The van der Waals surface area contributed by atoms with Gasteiger partial charge in [-0.25, -0.2) is 0 Å². The molecule has 182 valence electrons. The molecule has 0 saturated carbocycles. The molecule has 0 amide bonds. The first-order valence-electron chi connectivity index (χ1n) is 11.8. The minimum Gasteiger partial charge on any atom is -0.492 e. The van der Waals surface area contributed by atoms with Crippen LogP contribution in [-0.4, -0.2) is 64.9 Å². The van der Waals surface area contributed by atoms with Crippen LogP contribution in [0.5, 0.6) is 11.5 Å². The molecule has 1 fully saturated rings. The molecule has 0 unspecified atom stereocenters. The zero-order valence-electron chi connectivity index (χ0n) is 20.4. The highest BCUT2D eigenvalue weighted by atomic mass is 16.5. The summed E-state index contributed by atoms with van der Waals surface area (Å²) < 4.78 is 19.6. The van der Waals surface area contributed by atoms with Crippen LogP contribution in [0.25, 0.3) is 0 Å². The second-order valence-corrected chi connectivity index (χ2v) is 9.24. The van der Waals surface area contributed by atoms with Gasteiger partial charge in [0.25, 0.3) is 0 Å². The van der Waals surface area contributed by atoms with Gasteiger partial charge in [-0.3, -0.25) is 9.58 Å². The Bertz CT molecular complexity index is 1080. The molecule has 1 aliphatic heterocycles. The van der Waals surface area contributed by atoms with E-state index in [1.165, 1.54) is 0 Å². The molecule has 0 aliphatic carbocycles. The van der Waals surface area contributed by atoms with Crippen molar-refractivity contribution in [2.24, 2.45) is 0 Å². The Balaban J connectivity index is 1.32. The quantitative estimate of drug-likeness (QED) is 0.522. The van der Waals surface area contributed by atoms with E-state index in [1.807, 2.05) is 54.9 Å². The van der Waals surface area contributed by atoms with E-state index in [9.17, 15) is 5.11 Å². The molecule has 34 heavy (non-hydrogen) atoms. The lowest BCUT2D eigenvalue weighted by Gasteiger charge is -2.30. The Morgan fingerprint density at radius 1 is 1.03 bits per heavy atom. The predicted molar refractivity (Wildman–Crippen MR) is 131 cm³/mol. The van der Waals surface area contributed by atoms with Crippen LogP contribution in [0.3, 0.4) is 0 Å². The molecule has 0 bridgehead atoms. The van der Waals surface area contributed by atoms with E-state index in [2.05, 4.69) is 35.1 Å². The van der Waals surface area contributed by atoms with Crippen LogP contribution < -0.4 is 9.47 Å². The Labute approximate surface area is 201 Å². The lowest BCUT2D eigenvalue weighted by atomic mass is 10.1. The number of β-amino-alcohol motifs (C(OH)–C–C–N with tert-alkyl or cyclic N) is 1. The van der Waals surface area contributed by atoms with Crippen molar-refractivity contribution in [3.05, 3.63) is 77.1 Å². The maximum atomic E-state index is 11.2. The number of nitrogens with zero attached hydrogens (tertiary/aromatic N) is 3. The van der Waals surface area contributed by atoms with E-state index < -0.39 is 5.60 Å². The van der Waals surface area contributed by atoms with Crippen LogP contribution in [0.15, 0.2) is 54.6 Å². The van der Waals surface area contributed by atoms with Crippen molar-refractivity contribution < 1.29 is 19.3 Å². The summed E-state index contributed by atoms with van der Waals surface area (Å²) in [5.74, 6) is 1.60. The topological polar surface area (TPSA) is 69.0 Å². The number of aryl methyl sites for hydroxylation is 3. The van der Waals surface area contributed by atoms with Gasteiger partial charge in [0.05, 0.1) is 25.5 Å². The number of hydrogen-bond acceptors (Lipinski definition) is 6. The van der Waals surface area contributed by atoms with Gasteiger partial charge < -0.3 is 19.3 Å². The van der Waals surface area contributed by atoms with Crippen molar-refractivity contribution in [1.82, 2.24) is 14.7 Å². The van der Waals surface area contributed by atoms with Crippen LogP contribution in [0.4, 0.5) is 0 Å². The zero-order chi connectivity index (χ0) is 24.0. The number of hydrogen-bond donors (Lipinski definition) is 1. The van der Waals surface area contributed by atoms with Gasteiger partial charge in [0.1, 0.15) is 30.3 Å². The monoisotopic (exact) mass is 465 g/mol. The second kappa shape index (κ2) is 11.0. The first-order chi connectivity index (χ1) is 16.4. The fraction of sp³-hybridized carbons (Fsp3) is 0.444. The van der Waals surface area contributed by atoms with E-state index in [0.29, 0.717) is 32.8 Å². The highest BCUT2D eigenvalue weighted by Crippen LogP contribution is 2.21. The smallest absolute Gasteiger partial charge is 0.134 e. The first kappa shape index (κ1) is 24.3. The van der Waals surface area contributed by atoms with E-state index in [-0.39, 0.29) is 13.2 Å². The number of benzene rings is 2. The summed E-state index contributed by atoms with van der Waals surface area (Å²) in [7, 11) is 0. The Hall–Kier alpha value is -2.87. The molecule has 1 saturated heterocycles. The first-order valence-corrected chi connectivity index (χ1v) is 11.8. The average molecular weight is 466 g/mol. The zero-order valence-corrected chi connectivity index (χ0v) is 20.4. The molecule has 0 spiro atoms. The summed E-state index contributed by atoms with van der Waals surface area (Å²) in [6.07, 6.45) is 0. The van der Waals surface area contributed by atoms with Gasteiger partial charge in [-0.1, -0.05) is 24.3 Å². The molecule has 1 aromatic heterocycles. The molecule has 0 radical (unpaired) electrons. The largest absolute Gasteiger partial charge is 0.492 e. The predicted octanol–water partition coefficient (Wildman–Crippen LogP) is 3.53. The number of aliphatic hydroxyl groups is 1. The fourth-order valence-electron chi connectivity index (χ4n) is 4.28. The van der Waals surface area contributed by atoms with E-state index in [1.54, 1.807) is 0 Å². The van der Waals surface area contributed by atoms with Gasteiger partial charge in [-0.05, 0) is 62.2 Å². The second-order valence-electron chi connectivity index (χ2n) is 9.24. The maximum absolute atomic E-state index is 11.2. The van der Waals surface area contributed by atoms with E-state index >= 15 is 0 Å². The molecule has 2 heterocycles. The van der Waals surface area contributed by atoms with Gasteiger partial charge >= 0.3 is 0 Å². The molecular formula is C27H35N3O4. The molecule has 1 N–H and O–H groups in total. The molecule has 4 rings (SSSR count). The van der Waals surface area contributed by atoms with Crippen molar-refractivity contribution >= 4 is 0 Å². The van der Waals surface area contributed by atoms with E-state index in [0.717, 1.165) is 40.6 Å². The van der Waals surface area contributed by atoms with Crippen LogP contribution in [0.1, 0.15) is 22.5 Å². The number of aromatic nitrogens is 2. The standard InChI is InChI=1S/C27H35N3O4/c1-21-6-4-8-25(14-21)34-20-27(31)18-29(10-12-32-19-27)17-24-7-5-9-26(16-24)33-13-11-30-23(3)15-22(2)28-30/h4-9,14-16,31H,10-13,17-20H2,1-3H3/t27-/m1/s1. The third-order valence-corrected chi connectivity index (χ3v) is 5.92. The molecule has 3 aromatic rings. The van der Waals surface area contributed by atoms with Crippen LogP contribution in [0.2, 0.25) is 0 Å². The summed E-state index contributed by atoms with van der Waals surface area (Å²) in [6, 6.07) is 18.1. The van der Waals surface area contributed by atoms with Gasteiger partial charge in [-0.2, -0.15) is 5.10 Å². The molecule has 1 aliphatic rings. The molecular weight excluding hydrogens is 430 g/mol. The van der Waals surface area contributed by atoms with Crippen LogP contribution in [0, 0.1) is 20.8 Å². The summed E-state index contributed by atoms with van der Waals surface area (Å²) in [6.45, 7) is 10.3. The molecule has 7 nitrogen and oxygen atoms in total. The van der Waals surface area contributed by atoms with Crippen molar-refractivity contribution in [3.63, 3.8) is 0 Å². The highest BCUT2D eigenvalue weighted by molar-refractivity contribution is 5.29. The Kier molecular flexibility index (Phi) is 7.88. The Morgan fingerprint density at radius 2 is 1.82 bits per heavy atom. The van der Waals surface area contributed by atoms with Gasteiger partial charge in [0.15, 0.2) is 0 Å². The SMILES string of the molecule is Cc1cccc(OC[C@]2(O)COCCN(Cc3cccc(OCCn4nc(C)cc4C)c3)C2)c1. The summed E-state index contributed by atoms with van der Waals surface area (Å²) >= 11 is 0. The summed E-state index contributed by atoms with van der Waals surface area (Å²) in [5.41, 5.74) is 3.34. The lowest BCUT2D eigenvalue weighted by molar-refractivity contribution is -0.0646. The van der Waals surface area contributed by atoms with Crippen molar-refractivity contribution in [1.29, 1.82) is 0 Å². The minimum absolute atomic E-state index is 0.183. The number of rotatable bonds is 9. The minimum atomic E-state index is -1.08. The fourth-order valence-corrected chi connectivity index (χ4v) is 4.28. The third-order valence-electron chi connectivity index (χ3n) is 5.92.